The van der Waals surface area contributed by atoms with Crippen molar-refractivity contribution in [3.8, 4) is 5.75 Å². The first-order valence-electron chi connectivity index (χ1n) is 8.68. The number of para-hydroxylation sites is 1. The second-order valence-corrected chi connectivity index (χ2v) is 6.75. The minimum Gasteiger partial charge on any atom is -0.492 e. The Hall–Kier alpha value is -2.28. The van der Waals surface area contributed by atoms with Gasteiger partial charge in [0.1, 0.15) is 18.0 Å². The Morgan fingerprint density at radius 3 is 2.64 bits per heavy atom. The number of hydrogen-bond acceptors (Lipinski definition) is 5. The number of nitrogens with two attached hydrogens (primary N) is 1. The van der Waals surface area contributed by atoms with Gasteiger partial charge in [-0.25, -0.2) is 4.79 Å². The fourth-order valence-electron chi connectivity index (χ4n) is 3.41. The smallest absolute Gasteiger partial charge is 0.410 e. The van der Waals surface area contributed by atoms with Crippen molar-refractivity contribution in [1.82, 2.24) is 9.80 Å². The number of rotatable bonds is 6. The zero-order valence-electron chi connectivity index (χ0n) is 14.5. The molecule has 1 aromatic rings. The molecule has 0 bridgehead atoms. The molecule has 2 aliphatic heterocycles. The van der Waals surface area contributed by atoms with Gasteiger partial charge in [-0.3, -0.25) is 9.69 Å². The van der Waals surface area contributed by atoms with Crippen molar-refractivity contribution in [2.75, 3.05) is 32.8 Å². The van der Waals surface area contributed by atoms with Crippen LogP contribution in [0.1, 0.15) is 19.8 Å². The molecule has 0 saturated carbocycles. The summed E-state index contributed by atoms with van der Waals surface area (Å²) >= 11 is 0. The number of piperidine rings is 1. The van der Waals surface area contributed by atoms with E-state index < -0.39 is 5.60 Å². The van der Waals surface area contributed by atoms with E-state index in [1.165, 1.54) is 0 Å². The lowest BCUT2D eigenvalue weighted by Crippen LogP contribution is -2.52. The van der Waals surface area contributed by atoms with Crippen molar-refractivity contribution in [2.45, 2.75) is 31.4 Å². The maximum atomic E-state index is 12.2. The molecule has 1 aromatic carbocycles. The van der Waals surface area contributed by atoms with Crippen LogP contribution in [0.2, 0.25) is 0 Å². The molecule has 136 valence electrons. The van der Waals surface area contributed by atoms with Gasteiger partial charge < -0.3 is 20.1 Å². The van der Waals surface area contributed by atoms with Crippen LogP contribution in [-0.4, -0.2) is 66.2 Å². The van der Waals surface area contributed by atoms with Gasteiger partial charge in [-0.2, -0.15) is 0 Å². The highest BCUT2D eigenvalue weighted by atomic mass is 16.6. The Morgan fingerprint density at radius 1 is 1.32 bits per heavy atom. The third-order valence-corrected chi connectivity index (χ3v) is 5.08. The summed E-state index contributed by atoms with van der Waals surface area (Å²) in [5, 5.41) is 0. The molecule has 2 amide bonds. The molecule has 25 heavy (non-hydrogen) atoms. The number of nitrogens with zero attached hydrogens (tertiary/aromatic N) is 2. The van der Waals surface area contributed by atoms with Crippen molar-refractivity contribution in [1.29, 1.82) is 0 Å². The normalized spacial score (nSPS) is 21.2. The second-order valence-electron chi connectivity index (χ2n) is 6.75. The number of likely N-dealkylation sites (tertiary alicyclic amines) is 1. The maximum Gasteiger partial charge on any atom is 0.410 e. The first-order chi connectivity index (χ1) is 12.0. The molecule has 0 radical (unpaired) electrons. The van der Waals surface area contributed by atoms with E-state index in [4.69, 9.17) is 15.2 Å². The van der Waals surface area contributed by atoms with E-state index in [1.54, 1.807) is 4.90 Å². The van der Waals surface area contributed by atoms with E-state index in [9.17, 15) is 9.59 Å². The standard InChI is InChI=1S/C18H25N3O4/c1-14(16(19)22)20-9-7-18(8-10-20)13-21(17(23)25-18)11-12-24-15-5-3-2-4-6-15/h2-6,14H,7-13H2,1H3,(H2,19,22)/t14-/m0/s1. The van der Waals surface area contributed by atoms with Crippen LogP contribution in [0.25, 0.3) is 0 Å². The van der Waals surface area contributed by atoms with Crippen LogP contribution >= 0.6 is 0 Å². The Labute approximate surface area is 147 Å². The lowest BCUT2D eigenvalue weighted by atomic mass is 9.90. The number of ether oxygens (including phenoxy) is 2. The molecule has 3 rings (SSSR count). The number of amides is 2. The first-order valence-corrected chi connectivity index (χ1v) is 8.68. The van der Waals surface area contributed by atoms with E-state index in [0.717, 1.165) is 5.75 Å². The minimum absolute atomic E-state index is 0.284. The van der Waals surface area contributed by atoms with Crippen LogP contribution in [-0.2, 0) is 9.53 Å². The lowest BCUT2D eigenvalue weighted by Gasteiger charge is -2.39. The summed E-state index contributed by atoms with van der Waals surface area (Å²) in [6.45, 7) is 4.71. The van der Waals surface area contributed by atoms with Gasteiger partial charge >= 0.3 is 6.09 Å². The van der Waals surface area contributed by atoms with E-state index in [-0.39, 0.29) is 18.0 Å². The summed E-state index contributed by atoms with van der Waals surface area (Å²) in [7, 11) is 0. The molecule has 2 heterocycles. The predicted molar refractivity (Wildman–Crippen MR) is 92.2 cm³/mol. The minimum atomic E-state index is -0.447. The number of carbonyl (C=O) groups is 2. The molecule has 7 nitrogen and oxygen atoms in total. The summed E-state index contributed by atoms with van der Waals surface area (Å²) in [5.74, 6) is 0.470. The van der Waals surface area contributed by atoms with Gasteiger partial charge in [-0.05, 0) is 19.1 Å². The van der Waals surface area contributed by atoms with Crippen LogP contribution in [0.4, 0.5) is 4.79 Å². The van der Waals surface area contributed by atoms with E-state index >= 15 is 0 Å². The highest BCUT2D eigenvalue weighted by Gasteiger charge is 2.47. The highest BCUT2D eigenvalue weighted by Crippen LogP contribution is 2.33. The molecule has 7 heteroatoms. The van der Waals surface area contributed by atoms with Crippen LogP contribution in [0.15, 0.2) is 30.3 Å². The summed E-state index contributed by atoms with van der Waals surface area (Å²) in [5.41, 5.74) is 4.92. The fraction of sp³-hybridized carbons (Fsp3) is 0.556. The maximum absolute atomic E-state index is 12.2. The number of hydrogen-bond donors (Lipinski definition) is 1. The van der Waals surface area contributed by atoms with Crippen molar-refractivity contribution in [2.24, 2.45) is 5.73 Å². The van der Waals surface area contributed by atoms with Crippen LogP contribution < -0.4 is 10.5 Å². The van der Waals surface area contributed by atoms with Crippen molar-refractivity contribution < 1.29 is 19.1 Å². The quantitative estimate of drug-likeness (QED) is 0.836. The second kappa shape index (κ2) is 7.31. The average Bonchev–Trinajstić information content (AvgIpc) is 2.91. The summed E-state index contributed by atoms with van der Waals surface area (Å²) in [6.07, 6.45) is 1.15. The van der Waals surface area contributed by atoms with Gasteiger partial charge in [0.2, 0.25) is 5.91 Å². The third kappa shape index (κ3) is 4.04. The Morgan fingerprint density at radius 2 is 2.00 bits per heavy atom. The monoisotopic (exact) mass is 347 g/mol. The van der Waals surface area contributed by atoms with Crippen LogP contribution in [0.5, 0.6) is 5.75 Å². The van der Waals surface area contributed by atoms with E-state index in [2.05, 4.69) is 0 Å². The summed E-state index contributed by atoms with van der Waals surface area (Å²) in [4.78, 5) is 27.2. The average molecular weight is 347 g/mol. The zero-order valence-corrected chi connectivity index (χ0v) is 14.5. The summed E-state index contributed by atoms with van der Waals surface area (Å²) in [6, 6.07) is 9.24. The molecule has 2 fully saturated rings. The number of benzene rings is 1. The number of primary amides is 1. The van der Waals surface area contributed by atoms with Gasteiger partial charge in [0.15, 0.2) is 0 Å². The molecular weight excluding hydrogens is 322 g/mol. The molecule has 0 aliphatic carbocycles. The van der Waals surface area contributed by atoms with Gasteiger partial charge in [0.05, 0.1) is 19.1 Å². The van der Waals surface area contributed by atoms with E-state index in [1.807, 2.05) is 42.2 Å². The molecule has 0 aromatic heterocycles. The van der Waals surface area contributed by atoms with Crippen LogP contribution in [0.3, 0.4) is 0 Å². The van der Waals surface area contributed by atoms with Crippen molar-refractivity contribution in [3.63, 3.8) is 0 Å². The van der Waals surface area contributed by atoms with Gasteiger partial charge in [0, 0.05) is 25.9 Å². The SMILES string of the molecule is C[C@@H](C(N)=O)N1CCC2(CC1)CN(CCOc1ccccc1)C(=O)O2. The van der Waals surface area contributed by atoms with Crippen molar-refractivity contribution >= 4 is 12.0 Å². The third-order valence-electron chi connectivity index (χ3n) is 5.08. The largest absolute Gasteiger partial charge is 0.492 e. The van der Waals surface area contributed by atoms with Crippen molar-refractivity contribution in [3.05, 3.63) is 30.3 Å². The van der Waals surface area contributed by atoms with E-state index in [0.29, 0.717) is 45.6 Å². The molecule has 0 unspecified atom stereocenters. The molecule has 2 N–H and O–H groups in total. The molecule has 2 aliphatic rings. The van der Waals surface area contributed by atoms with Crippen LogP contribution in [0, 0.1) is 0 Å². The highest BCUT2D eigenvalue weighted by molar-refractivity contribution is 5.79. The molecule has 1 atom stereocenters. The topological polar surface area (TPSA) is 85.1 Å². The molecule has 2 saturated heterocycles. The van der Waals surface area contributed by atoms with Gasteiger partial charge in [-0.1, -0.05) is 18.2 Å². The predicted octanol–water partition coefficient (Wildman–Crippen LogP) is 1.23. The Kier molecular flexibility index (Phi) is 5.13. The zero-order chi connectivity index (χ0) is 17.9. The fourth-order valence-corrected chi connectivity index (χ4v) is 3.41. The Bertz CT molecular complexity index is 614. The first kappa shape index (κ1) is 17.5. The molecule has 1 spiro atoms. The van der Waals surface area contributed by atoms with Gasteiger partial charge in [0.25, 0.3) is 0 Å². The Balaban J connectivity index is 1.48. The molecular formula is C18H25N3O4. The number of carbonyl (C=O) groups excluding carboxylic acids is 2. The summed E-state index contributed by atoms with van der Waals surface area (Å²) < 4.78 is 11.3. The lowest BCUT2D eigenvalue weighted by molar-refractivity contribution is -0.124. The van der Waals surface area contributed by atoms with Gasteiger partial charge in [-0.15, -0.1) is 0 Å².